The average molecular weight is 376 g/mol. The Labute approximate surface area is 132 Å². The summed E-state index contributed by atoms with van der Waals surface area (Å²) in [5.41, 5.74) is 0.527. The van der Waals surface area contributed by atoms with Crippen molar-refractivity contribution in [2.45, 2.75) is 19.3 Å². The van der Waals surface area contributed by atoms with Gasteiger partial charge in [0.25, 0.3) is 5.95 Å². The van der Waals surface area contributed by atoms with Gasteiger partial charge in [0, 0.05) is 16.7 Å². The minimum Gasteiger partial charge on any atom is -0.481 e. The molecule has 116 valence electrons. The molecule has 0 aliphatic carbocycles. The van der Waals surface area contributed by atoms with Crippen LogP contribution in [-0.2, 0) is 0 Å². The van der Waals surface area contributed by atoms with Crippen LogP contribution in [0.2, 0.25) is 0 Å². The number of hydrogen-bond acceptors (Lipinski definition) is 4. The average Bonchev–Trinajstić information content (AvgIpc) is 2.75. The third-order valence-corrected chi connectivity index (χ3v) is 3.41. The Morgan fingerprint density at radius 1 is 1.23 bits per heavy atom. The predicted octanol–water partition coefficient (Wildman–Crippen LogP) is 4.44. The van der Waals surface area contributed by atoms with Gasteiger partial charge in [-0.1, -0.05) is 6.07 Å². The summed E-state index contributed by atoms with van der Waals surface area (Å²) >= 11 is 3.17. The van der Waals surface area contributed by atoms with E-state index in [1.807, 2.05) is 0 Å². The molecule has 0 bridgehead atoms. The fourth-order valence-corrected chi connectivity index (χ4v) is 2.27. The van der Waals surface area contributed by atoms with Gasteiger partial charge in [0.05, 0.1) is 0 Å². The predicted molar refractivity (Wildman–Crippen MR) is 73.6 cm³/mol. The molecule has 4 nitrogen and oxygen atoms in total. The molecule has 0 N–H and O–H groups in total. The van der Waals surface area contributed by atoms with Crippen molar-refractivity contribution in [3.63, 3.8) is 0 Å². The first-order chi connectivity index (χ1) is 10.3. The van der Waals surface area contributed by atoms with E-state index in [1.165, 1.54) is 30.5 Å². The lowest BCUT2D eigenvalue weighted by Crippen LogP contribution is -2.25. The van der Waals surface area contributed by atoms with Gasteiger partial charge in [-0.05, 0) is 40.5 Å². The van der Waals surface area contributed by atoms with E-state index in [1.54, 1.807) is 6.92 Å². The SMILES string of the molecule is C[C@H](Oc1cc(Br)cnc1F)c1ccc2c(c1)OC(F)(F)O2. The maximum Gasteiger partial charge on any atom is 0.586 e. The Morgan fingerprint density at radius 2 is 1.95 bits per heavy atom. The minimum atomic E-state index is -3.68. The second kappa shape index (κ2) is 5.35. The molecule has 1 aliphatic rings. The number of rotatable bonds is 3. The molecule has 0 unspecified atom stereocenters. The standard InChI is InChI=1S/C14H9BrF3NO3/c1-7(20-12-5-9(15)6-19-13(12)16)8-2-3-10-11(4-8)22-14(17,18)21-10/h2-7H,1H3/t7-/m0/s1. The first-order valence-electron chi connectivity index (χ1n) is 6.21. The molecule has 22 heavy (non-hydrogen) atoms. The molecular formula is C14H9BrF3NO3. The Bertz CT molecular complexity index is 726. The van der Waals surface area contributed by atoms with Crippen LogP contribution in [-0.4, -0.2) is 11.3 Å². The molecule has 8 heteroatoms. The number of ether oxygens (including phenoxy) is 3. The summed E-state index contributed by atoms with van der Waals surface area (Å²) in [7, 11) is 0. The van der Waals surface area contributed by atoms with E-state index in [9.17, 15) is 13.2 Å². The summed E-state index contributed by atoms with van der Waals surface area (Å²) in [6.07, 6.45) is -2.98. The second-order valence-electron chi connectivity index (χ2n) is 4.58. The van der Waals surface area contributed by atoms with Gasteiger partial charge in [-0.25, -0.2) is 4.98 Å². The van der Waals surface area contributed by atoms with Crippen LogP contribution >= 0.6 is 15.9 Å². The van der Waals surface area contributed by atoms with Gasteiger partial charge in [-0.3, -0.25) is 0 Å². The summed E-state index contributed by atoms with van der Waals surface area (Å²) in [6.45, 7) is 1.65. The van der Waals surface area contributed by atoms with Crippen LogP contribution in [0.25, 0.3) is 0 Å². The molecule has 1 aliphatic heterocycles. The summed E-state index contributed by atoms with van der Waals surface area (Å²) in [6, 6.07) is 5.68. The highest BCUT2D eigenvalue weighted by molar-refractivity contribution is 9.10. The Morgan fingerprint density at radius 3 is 2.73 bits per heavy atom. The highest BCUT2D eigenvalue weighted by Gasteiger charge is 2.43. The molecule has 3 rings (SSSR count). The number of pyridine rings is 1. The lowest BCUT2D eigenvalue weighted by Gasteiger charge is -2.15. The first kappa shape index (κ1) is 15.0. The zero-order valence-electron chi connectivity index (χ0n) is 11.1. The molecule has 0 saturated carbocycles. The highest BCUT2D eigenvalue weighted by atomic mass is 79.9. The number of hydrogen-bond donors (Lipinski definition) is 0. The van der Waals surface area contributed by atoms with Gasteiger partial charge < -0.3 is 14.2 Å². The van der Waals surface area contributed by atoms with Crippen LogP contribution < -0.4 is 14.2 Å². The van der Waals surface area contributed by atoms with Gasteiger partial charge in [0.2, 0.25) is 0 Å². The molecule has 1 aromatic heterocycles. The quantitative estimate of drug-likeness (QED) is 0.743. The molecule has 2 aromatic rings. The van der Waals surface area contributed by atoms with E-state index in [0.717, 1.165) is 0 Å². The minimum absolute atomic E-state index is 0.0510. The van der Waals surface area contributed by atoms with Crippen molar-refractivity contribution in [3.8, 4) is 17.2 Å². The number of aromatic nitrogens is 1. The van der Waals surface area contributed by atoms with E-state index in [-0.39, 0.29) is 17.2 Å². The van der Waals surface area contributed by atoms with Crippen molar-refractivity contribution in [1.29, 1.82) is 0 Å². The van der Waals surface area contributed by atoms with Crippen LogP contribution in [0.5, 0.6) is 17.2 Å². The van der Waals surface area contributed by atoms with E-state index in [2.05, 4.69) is 30.4 Å². The van der Waals surface area contributed by atoms with E-state index in [0.29, 0.717) is 10.0 Å². The zero-order valence-corrected chi connectivity index (χ0v) is 12.7. The second-order valence-corrected chi connectivity index (χ2v) is 5.49. The number of alkyl halides is 2. The lowest BCUT2D eigenvalue weighted by molar-refractivity contribution is -0.286. The molecule has 0 spiro atoms. The smallest absolute Gasteiger partial charge is 0.481 e. The normalized spacial score (nSPS) is 16.4. The Balaban J connectivity index is 1.82. The third kappa shape index (κ3) is 2.96. The van der Waals surface area contributed by atoms with Gasteiger partial charge >= 0.3 is 6.29 Å². The van der Waals surface area contributed by atoms with E-state index >= 15 is 0 Å². The van der Waals surface area contributed by atoms with Crippen LogP contribution in [0.3, 0.4) is 0 Å². The summed E-state index contributed by atoms with van der Waals surface area (Å²) in [5, 5.41) is 0. The molecule has 0 radical (unpaired) electrons. The molecule has 1 aromatic carbocycles. The van der Waals surface area contributed by atoms with Crippen molar-refractivity contribution in [3.05, 3.63) is 46.4 Å². The molecular weight excluding hydrogens is 367 g/mol. The Hall–Kier alpha value is -1.96. The van der Waals surface area contributed by atoms with Gasteiger partial charge in [0.1, 0.15) is 6.10 Å². The topological polar surface area (TPSA) is 40.6 Å². The zero-order chi connectivity index (χ0) is 15.9. The van der Waals surface area contributed by atoms with Crippen LogP contribution in [0.1, 0.15) is 18.6 Å². The fraction of sp³-hybridized carbons (Fsp3) is 0.214. The summed E-state index contributed by atoms with van der Waals surface area (Å²) in [5.74, 6) is -0.964. The molecule has 0 amide bonds. The maximum atomic E-state index is 13.6. The van der Waals surface area contributed by atoms with Crippen molar-refractivity contribution in [2.24, 2.45) is 0 Å². The maximum absolute atomic E-state index is 13.6. The summed E-state index contributed by atoms with van der Waals surface area (Å²) in [4.78, 5) is 3.52. The van der Waals surface area contributed by atoms with Crippen LogP contribution in [0.15, 0.2) is 34.9 Å². The van der Waals surface area contributed by atoms with E-state index < -0.39 is 18.3 Å². The lowest BCUT2D eigenvalue weighted by atomic mass is 10.1. The van der Waals surface area contributed by atoms with Gasteiger partial charge in [-0.15, -0.1) is 8.78 Å². The first-order valence-corrected chi connectivity index (χ1v) is 7.01. The number of fused-ring (bicyclic) bond motifs is 1. The molecule has 0 saturated heterocycles. The number of benzene rings is 1. The number of nitrogens with zero attached hydrogens (tertiary/aromatic N) is 1. The van der Waals surface area contributed by atoms with Gasteiger partial charge in [-0.2, -0.15) is 4.39 Å². The molecule has 2 heterocycles. The molecule has 1 atom stereocenters. The highest BCUT2D eigenvalue weighted by Crippen LogP contribution is 2.42. The van der Waals surface area contributed by atoms with Crippen molar-refractivity contribution in [2.75, 3.05) is 0 Å². The van der Waals surface area contributed by atoms with Crippen LogP contribution in [0.4, 0.5) is 13.2 Å². The Kier molecular flexibility index (Phi) is 3.64. The number of halogens is 4. The monoisotopic (exact) mass is 375 g/mol. The largest absolute Gasteiger partial charge is 0.586 e. The molecule has 0 fully saturated rings. The van der Waals surface area contributed by atoms with Crippen molar-refractivity contribution < 1.29 is 27.4 Å². The van der Waals surface area contributed by atoms with Crippen molar-refractivity contribution in [1.82, 2.24) is 4.98 Å². The van der Waals surface area contributed by atoms with Crippen LogP contribution in [0, 0.1) is 5.95 Å². The van der Waals surface area contributed by atoms with Gasteiger partial charge in [0.15, 0.2) is 17.2 Å². The fourth-order valence-electron chi connectivity index (χ4n) is 1.96. The van der Waals surface area contributed by atoms with E-state index in [4.69, 9.17) is 4.74 Å². The third-order valence-electron chi connectivity index (χ3n) is 2.97. The van der Waals surface area contributed by atoms with Crippen molar-refractivity contribution >= 4 is 15.9 Å². The summed E-state index contributed by atoms with van der Waals surface area (Å²) < 4.78 is 54.2.